The van der Waals surface area contributed by atoms with E-state index in [0.717, 1.165) is 43.7 Å². The summed E-state index contributed by atoms with van der Waals surface area (Å²) in [5.41, 5.74) is 0. The van der Waals surface area contributed by atoms with Gasteiger partial charge in [0.1, 0.15) is 12.3 Å². The van der Waals surface area contributed by atoms with Gasteiger partial charge < -0.3 is 24.2 Å². The predicted octanol–water partition coefficient (Wildman–Crippen LogP) is 7.55. The van der Waals surface area contributed by atoms with Crippen LogP contribution in [0, 0.1) is 5.92 Å². The fraction of sp³-hybridized carbons (Fsp3) is 0.778. The summed E-state index contributed by atoms with van der Waals surface area (Å²) in [7, 11) is 0. The van der Waals surface area contributed by atoms with Crippen LogP contribution in [0.1, 0.15) is 116 Å². The first kappa shape index (κ1) is 38.3. The lowest BCUT2D eigenvalue weighted by atomic mass is 9.85. The van der Waals surface area contributed by atoms with Gasteiger partial charge in [-0.25, -0.2) is 9.97 Å². The second-order valence-corrected chi connectivity index (χ2v) is 13.9. The van der Waals surface area contributed by atoms with Gasteiger partial charge in [-0.1, -0.05) is 96.3 Å². The van der Waals surface area contributed by atoms with Gasteiger partial charge in [-0.2, -0.15) is 16.3 Å². The molecule has 1 saturated carbocycles. The number of aromatic nitrogens is 2. The van der Waals surface area contributed by atoms with Crippen molar-refractivity contribution in [1.82, 2.24) is 14.9 Å². The standard InChI is InChI=1S/C36H60N4O5S/c41-35(42)19-14-22-39-23-24-40(32-39)25-27-43-28-29-46-31-34(45-36-37-20-15-21-38-36)30-44-26-13-8-6-4-2-1-3-5-7-10-16-33-17-11-9-12-18-33/h15,20-24,33-34H,1-14,16-19,25-32H2/p+1. The highest BCUT2D eigenvalue weighted by molar-refractivity contribution is 7.99. The molecule has 1 atom stereocenters. The highest BCUT2D eigenvalue weighted by Gasteiger charge is 2.16. The molecule has 0 amide bonds. The zero-order valence-electron chi connectivity index (χ0n) is 28.3. The van der Waals surface area contributed by atoms with Crippen molar-refractivity contribution in [3.8, 4) is 6.01 Å². The summed E-state index contributed by atoms with van der Waals surface area (Å²) >= 11 is 1.79. The second-order valence-electron chi connectivity index (χ2n) is 12.7. The van der Waals surface area contributed by atoms with Gasteiger partial charge in [0.05, 0.1) is 32.4 Å². The third kappa shape index (κ3) is 19.5. The van der Waals surface area contributed by atoms with Crippen LogP contribution in [0.15, 0.2) is 30.9 Å². The smallest absolute Gasteiger partial charge is 0.316 e. The summed E-state index contributed by atoms with van der Waals surface area (Å²) in [5.74, 6) is 1.94. The number of rotatable bonds is 28. The highest BCUT2D eigenvalue weighted by atomic mass is 32.2. The molecule has 2 heterocycles. The van der Waals surface area contributed by atoms with Gasteiger partial charge in [0.15, 0.2) is 6.20 Å². The molecule has 260 valence electrons. The number of carboxylic acid groups (broad SMARTS) is 1. The van der Waals surface area contributed by atoms with E-state index in [-0.39, 0.29) is 12.5 Å². The molecule has 0 aromatic carbocycles. The summed E-state index contributed by atoms with van der Waals surface area (Å²) in [6.07, 6.45) is 32.3. The summed E-state index contributed by atoms with van der Waals surface area (Å²) in [4.78, 5) is 21.3. The lowest BCUT2D eigenvalue weighted by Crippen LogP contribution is -2.27. The Hall–Kier alpha value is -2.17. The number of carbonyl (C=O) groups is 1. The number of hydrogen-bond donors (Lipinski definition) is 1. The van der Waals surface area contributed by atoms with Crippen LogP contribution in [-0.2, 0) is 14.3 Å². The second kappa shape index (κ2) is 25.9. The van der Waals surface area contributed by atoms with Crippen LogP contribution >= 0.6 is 11.8 Å². The van der Waals surface area contributed by atoms with E-state index in [1.807, 2.05) is 23.2 Å². The molecule has 1 aliphatic carbocycles. The zero-order chi connectivity index (χ0) is 32.3. The maximum Gasteiger partial charge on any atom is 0.316 e. The molecule has 1 aromatic rings. The van der Waals surface area contributed by atoms with Gasteiger partial charge in [-0.15, -0.1) is 0 Å². The Balaban J connectivity index is 1.14. The van der Waals surface area contributed by atoms with Gasteiger partial charge in [-0.05, 0) is 18.4 Å². The maximum absolute atomic E-state index is 10.7. The molecular weight excluding hydrogens is 600 g/mol. The van der Waals surface area contributed by atoms with E-state index in [4.69, 9.17) is 19.3 Å². The Labute approximate surface area is 282 Å². The first-order valence-corrected chi connectivity index (χ1v) is 19.2. The van der Waals surface area contributed by atoms with Crippen LogP contribution < -0.4 is 4.74 Å². The molecule has 46 heavy (non-hydrogen) atoms. The topological polar surface area (TPSA) is 97.0 Å². The molecule has 0 spiro atoms. The fourth-order valence-corrected chi connectivity index (χ4v) is 6.90. The van der Waals surface area contributed by atoms with Crippen LogP contribution in [0.3, 0.4) is 0 Å². The average Bonchev–Trinajstić information content (AvgIpc) is 3.52. The number of carboxylic acids is 1. The van der Waals surface area contributed by atoms with Crippen LogP contribution in [-0.4, -0.2) is 94.0 Å². The molecule has 1 fully saturated rings. The van der Waals surface area contributed by atoms with Crippen molar-refractivity contribution in [1.29, 1.82) is 0 Å². The number of aliphatic carboxylic acids is 1. The van der Waals surface area contributed by atoms with E-state index in [2.05, 4.69) is 14.9 Å². The van der Waals surface area contributed by atoms with Gasteiger partial charge in [-0.3, -0.25) is 4.79 Å². The van der Waals surface area contributed by atoms with Crippen molar-refractivity contribution in [2.75, 3.05) is 51.1 Å². The number of thioether (sulfide) groups is 1. The van der Waals surface area contributed by atoms with E-state index in [9.17, 15) is 4.79 Å². The predicted molar refractivity (Wildman–Crippen MR) is 187 cm³/mol. The van der Waals surface area contributed by atoms with Crippen molar-refractivity contribution in [3.63, 3.8) is 0 Å². The summed E-state index contributed by atoms with van der Waals surface area (Å²) in [6, 6.07) is 2.18. The minimum absolute atomic E-state index is 0.104. The minimum Gasteiger partial charge on any atom is -0.481 e. The lowest BCUT2D eigenvalue weighted by molar-refractivity contribution is -0.460. The Morgan fingerprint density at radius 3 is 2.41 bits per heavy atom. The Morgan fingerprint density at radius 1 is 0.957 bits per heavy atom. The van der Waals surface area contributed by atoms with Gasteiger partial charge in [0.2, 0.25) is 6.67 Å². The molecule has 1 aliphatic heterocycles. The molecule has 0 saturated heterocycles. The average molecular weight is 662 g/mol. The molecule has 10 heteroatoms. The lowest BCUT2D eigenvalue weighted by Gasteiger charge is -2.21. The van der Waals surface area contributed by atoms with E-state index in [1.165, 1.54) is 96.3 Å². The number of hydrogen-bond acceptors (Lipinski definition) is 8. The van der Waals surface area contributed by atoms with E-state index in [1.54, 1.807) is 30.2 Å². The first-order valence-electron chi connectivity index (χ1n) is 18.1. The molecule has 1 N–H and O–H groups in total. The molecule has 3 rings (SSSR count). The molecule has 9 nitrogen and oxygen atoms in total. The SMILES string of the molecule is O=C(O)CCC=[N+]1C=CN(CCOCCSCC(COCCCCCCCCCCCCC2CCCCC2)Oc2ncccn2)C1. The molecule has 0 bridgehead atoms. The summed E-state index contributed by atoms with van der Waals surface area (Å²) in [5, 5.41) is 8.77. The Bertz CT molecular complexity index is 961. The van der Waals surface area contributed by atoms with Crippen LogP contribution in [0.5, 0.6) is 6.01 Å². The van der Waals surface area contributed by atoms with Gasteiger partial charge in [0.25, 0.3) is 0 Å². The Morgan fingerprint density at radius 2 is 1.67 bits per heavy atom. The maximum atomic E-state index is 10.7. The number of unbranched alkanes of at least 4 members (excludes halogenated alkanes) is 9. The molecule has 0 radical (unpaired) electrons. The summed E-state index contributed by atoms with van der Waals surface area (Å²) < 4.78 is 19.9. The van der Waals surface area contributed by atoms with E-state index < -0.39 is 5.97 Å². The van der Waals surface area contributed by atoms with Crippen molar-refractivity contribution in [2.24, 2.45) is 5.92 Å². The van der Waals surface area contributed by atoms with Crippen molar-refractivity contribution in [2.45, 2.75) is 122 Å². The van der Waals surface area contributed by atoms with E-state index >= 15 is 0 Å². The third-order valence-corrected chi connectivity index (χ3v) is 9.79. The normalized spacial score (nSPS) is 16.8. The quantitative estimate of drug-likeness (QED) is 0.0721. The third-order valence-electron chi connectivity index (χ3n) is 8.73. The molecule has 1 aromatic heterocycles. The van der Waals surface area contributed by atoms with Crippen LogP contribution in [0.4, 0.5) is 0 Å². The molecular formula is C36H61N4O5S+. The van der Waals surface area contributed by atoms with Gasteiger partial charge in [0, 0.05) is 43.5 Å². The fourth-order valence-electron chi connectivity index (χ4n) is 6.07. The number of ether oxygens (including phenoxy) is 3. The van der Waals surface area contributed by atoms with E-state index in [0.29, 0.717) is 32.3 Å². The molecule has 2 aliphatic rings. The van der Waals surface area contributed by atoms with Crippen molar-refractivity contribution < 1.29 is 28.7 Å². The minimum atomic E-state index is -0.771. The molecule has 1 unspecified atom stereocenters. The number of nitrogens with zero attached hydrogens (tertiary/aromatic N) is 4. The van der Waals surface area contributed by atoms with Gasteiger partial charge >= 0.3 is 12.0 Å². The largest absolute Gasteiger partial charge is 0.481 e. The van der Waals surface area contributed by atoms with Crippen molar-refractivity contribution in [3.05, 3.63) is 30.9 Å². The monoisotopic (exact) mass is 661 g/mol. The van der Waals surface area contributed by atoms with Crippen LogP contribution in [0.2, 0.25) is 0 Å². The van der Waals surface area contributed by atoms with Crippen LogP contribution in [0.25, 0.3) is 0 Å². The van der Waals surface area contributed by atoms with Crippen molar-refractivity contribution >= 4 is 23.9 Å². The summed E-state index contributed by atoms with van der Waals surface area (Å²) in [6.45, 7) is 4.16. The zero-order valence-corrected chi connectivity index (χ0v) is 29.1. The Kier molecular flexibility index (Phi) is 21.5. The highest BCUT2D eigenvalue weighted by Crippen LogP contribution is 2.28. The first-order chi connectivity index (χ1) is 22.7.